The first-order chi connectivity index (χ1) is 24.8. The number of hydrogen-bond acceptors (Lipinski definition) is 11. The summed E-state index contributed by atoms with van der Waals surface area (Å²) in [5, 5.41) is 14.9. The maximum absolute atomic E-state index is 13.0. The lowest BCUT2D eigenvalue weighted by Crippen LogP contribution is -2.49. The highest BCUT2D eigenvalue weighted by Gasteiger charge is 2.24. The van der Waals surface area contributed by atoms with Crippen molar-refractivity contribution < 1.29 is 18.4 Å². The van der Waals surface area contributed by atoms with Gasteiger partial charge in [0.15, 0.2) is 0 Å². The fourth-order valence-corrected chi connectivity index (χ4v) is 6.27. The van der Waals surface area contributed by atoms with Gasteiger partial charge in [-0.15, -0.1) is 0 Å². The van der Waals surface area contributed by atoms with Crippen molar-refractivity contribution in [2.24, 2.45) is 0 Å². The lowest BCUT2D eigenvalue weighted by atomic mass is 10.0. The Balaban J connectivity index is 0.000000243. The number of halogens is 1. The van der Waals surface area contributed by atoms with Gasteiger partial charge in [-0.2, -0.15) is 15.0 Å². The molecule has 51 heavy (non-hydrogen) atoms. The highest BCUT2D eigenvalue weighted by molar-refractivity contribution is 9.08. The van der Waals surface area contributed by atoms with E-state index in [4.69, 9.17) is 13.6 Å². The smallest absolute Gasteiger partial charge is 0.237 e. The molecule has 0 bridgehead atoms. The maximum atomic E-state index is 13.0. The number of hydrogen-bond donors (Lipinski definition) is 0. The summed E-state index contributed by atoms with van der Waals surface area (Å²) in [7, 11) is 0. The molecule has 13 heteroatoms. The second-order valence-corrected chi connectivity index (χ2v) is 12.9. The highest BCUT2D eigenvalue weighted by atomic mass is 79.9. The Bertz CT molecular complexity index is 2300. The van der Waals surface area contributed by atoms with Crippen molar-refractivity contribution in [2.45, 2.75) is 39.2 Å². The van der Waals surface area contributed by atoms with Crippen LogP contribution >= 0.6 is 15.9 Å². The van der Waals surface area contributed by atoms with E-state index in [9.17, 15) is 4.79 Å². The molecule has 258 valence electrons. The van der Waals surface area contributed by atoms with Gasteiger partial charge in [-0.1, -0.05) is 92.1 Å². The largest absolute Gasteiger partial charge is 0.339 e. The van der Waals surface area contributed by atoms with Gasteiger partial charge in [0, 0.05) is 69.0 Å². The number of benzene rings is 4. The number of aromatic nitrogens is 6. The summed E-state index contributed by atoms with van der Waals surface area (Å²) in [4.78, 5) is 29.9. The number of piperazine rings is 1. The van der Waals surface area contributed by atoms with E-state index in [0.29, 0.717) is 61.3 Å². The molecular weight excluding hydrogens is 712 g/mol. The molecule has 1 aliphatic heterocycles. The fourth-order valence-electron chi connectivity index (χ4n) is 5.92. The minimum Gasteiger partial charge on any atom is -0.339 e. The van der Waals surface area contributed by atoms with E-state index in [1.165, 1.54) is 5.56 Å². The summed E-state index contributed by atoms with van der Waals surface area (Å²) in [6.45, 7) is 8.50. The van der Waals surface area contributed by atoms with E-state index >= 15 is 0 Å². The molecule has 0 atom stereocenters. The topological polar surface area (TPSA) is 140 Å². The van der Waals surface area contributed by atoms with Crippen LogP contribution < -0.4 is 0 Å². The van der Waals surface area contributed by atoms with E-state index in [2.05, 4.69) is 93.7 Å². The van der Waals surface area contributed by atoms with Gasteiger partial charge in [-0.25, -0.2) is 0 Å². The number of carbonyl (C=O) groups excluding carboxylic acids is 1. The molecule has 12 nitrogen and oxygen atoms in total. The van der Waals surface area contributed by atoms with Crippen LogP contribution in [-0.4, -0.2) is 65.8 Å². The van der Waals surface area contributed by atoms with E-state index in [1.807, 2.05) is 47.4 Å². The Morgan fingerprint density at radius 2 is 1.16 bits per heavy atom. The Labute approximate surface area is 302 Å². The number of fused-ring (bicyclic) bond motifs is 1. The zero-order valence-electron chi connectivity index (χ0n) is 28.4. The average molecular weight is 748 g/mol. The molecule has 4 heterocycles. The molecule has 1 saturated heterocycles. The first-order valence-electron chi connectivity index (χ1n) is 16.5. The minimum atomic E-state index is 0.132. The Morgan fingerprint density at radius 1 is 0.608 bits per heavy atom. The zero-order valence-corrected chi connectivity index (χ0v) is 30.0. The molecule has 1 amide bonds. The molecule has 1 aliphatic rings. The van der Waals surface area contributed by atoms with Gasteiger partial charge >= 0.3 is 0 Å². The van der Waals surface area contributed by atoms with E-state index in [0.717, 1.165) is 50.5 Å². The van der Waals surface area contributed by atoms with E-state index in [-0.39, 0.29) is 5.91 Å². The summed E-state index contributed by atoms with van der Waals surface area (Å²) in [6.07, 6.45) is 0. The van der Waals surface area contributed by atoms with Gasteiger partial charge in [0.25, 0.3) is 0 Å². The molecule has 0 saturated carbocycles. The molecule has 1 fully saturated rings. The van der Waals surface area contributed by atoms with Crippen LogP contribution in [0.2, 0.25) is 0 Å². The van der Waals surface area contributed by atoms with Crippen LogP contribution in [0.15, 0.2) is 98.5 Å². The molecule has 8 rings (SSSR count). The van der Waals surface area contributed by atoms with Crippen molar-refractivity contribution in [3.63, 3.8) is 0 Å². The molecule has 0 unspecified atom stereocenters. The first kappa shape index (κ1) is 33.9. The number of aryl methyl sites for hydroxylation is 3. The SMILES string of the molecule is Cc1nc(-c2cccc(CBr)c2)no1.Cc1nc(-c2cccc(CN3CCN(Cc4ccc5ccc(-c6noc(C)n6)cc5c4)C(=O)C3)c2)no1. The fraction of sp³-hybridized carbons (Fsp3) is 0.237. The van der Waals surface area contributed by atoms with E-state index in [1.54, 1.807) is 20.8 Å². The number of alkyl halides is 1. The second-order valence-electron chi connectivity index (χ2n) is 12.4. The third-order valence-electron chi connectivity index (χ3n) is 8.45. The third kappa shape index (κ3) is 8.27. The van der Waals surface area contributed by atoms with Gasteiger partial charge in [0.1, 0.15) is 0 Å². The summed E-state index contributed by atoms with van der Waals surface area (Å²) in [5.41, 5.74) is 6.21. The minimum absolute atomic E-state index is 0.132. The predicted octanol–water partition coefficient (Wildman–Crippen LogP) is 7.34. The zero-order chi connectivity index (χ0) is 35.3. The van der Waals surface area contributed by atoms with Crippen molar-refractivity contribution in [2.75, 3.05) is 19.6 Å². The van der Waals surface area contributed by atoms with Crippen molar-refractivity contribution in [1.82, 2.24) is 40.2 Å². The lowest BCUT2D eigenvalue weighted by molar-refractivity contribution is -0.136. The molecule has 7 aromatic rings. The second kappa shape index (κ2) is 15.2. The van der Waals surface area contributed by atoms with Crippen molar-refractivity contribution in [3.8, 4) is 34.2 Å². The van der Waals surface area contributed by atoms with Gasteiger partial charge < -0.3 is 18.5 Å². The van der Waals surface area contributed by atoms with Crippen LogP contribution in [0.4, 0.5) is 0 Å². The van der Waals surface area contributed by atoms with Crippen molar-refractivity contribution >= 4 is 32.6 Å². The molecule has 0 aliphatic carbocycles. The number of amides is 1. The Hall–Kier alpha value is -5.53. The molecule has 0 spiro atoms. The number of nitrogens with zero attached hydrogens (tertiary/aromatic N) is 8. The Morgan fingerprint density at radius 3 is 1.73 bits per heavy atom. The number of carbonyl (C=O) groups is 1. The van der Waals surface area contributed by atoms with E-state index < -0.39 is 0 Å². The maximum Gasteiger partial charge on any atom is 0.237 e. The Kier molecular flexibility index (Phi) is 10.1. The van der Waals surface area contributed by atoms with Crippen molar-refractivity contribution in [1.29, 1.82) is 0 Å². The molecule has 0 radical (unpaired) electrons. The summed E-state index contributed by atoms with van der Waals surface area (Å²) >= 11 is 3.41. The molecule has 0 N–H and O–H groups in total. The summed E-state index contributed by atoms with van der Waals surface area (Å²) in [5.74, 6) is 3.60. The van der Waals surface area contributed by atoms with Crippen molar-refractivity contribution in [3.05, 3.63) is 119 Å². The van der Waals surface area contributed by atoms with Gasteiger partial charge in [0.2, 0.25) is 41.1 Å². The first-order valence-corrected chi connectivity index (χ1v) is 17.6. The van der Waals surface area contributed by atoms with Gasteiger partial charge in [-0.05, 0) is 51.7 Å². The van der Waals surface area contributed by atoms with Crippen LogP contribution in [-0.2, 0) is 23.2 Å². The predicted molar refractivity (Wildman–Crippen MR) is 194 cm³/mol. The van der Waals surface area contributed by atoms with Gasteiger partial charge in [-0.3, -0.25) is 9.69 Å². The van der Waals surface area contributed by atoms with Crippen LogP contribution in [0, 0.1) is 20.8 Å². The van der Waals surface area contributed by atoms with Gasteiger partial charge in [0.05, 0.1) is 6.54 Å². The summed E-state index contributed by atoms with van der Waals surface area (Å²) in [6, 6.07) is 28.5. The average Bonchev–Trinajstić information content (AvgIpc) is 3.91. The van der Waals surface area contributed by atoms with Crippen LogP contribution in [0.1, 0.15) is 34.4 Å². The molecule has 4 aromatic carbocycles. The lowest BCUT2D eigenvalue weighted by Gasteiger charge is -2.34. The normalized spacial score (nSPS) is 13.4. The monoisotopic (exact) mass is 746 g/mol. The van der Waals surface area contributed by atoms with Crippen LogP contribution in [0.25, 0.3) is 44.9 Å². The highest BCUT2D eigenvalue weighted by Crippen LogP contribution is 2.25. The van der Waals surface area contributed by atoms with Crippen LogP contribution in [0.5, 0.6) is 0 Å². The third-order valence-corrected chi connectivity index (χ3v) is 9.10. The van der Waals surface area contributed by atoms with Crippen LogP contribution in [0.3, 0.4) is 0 Å². The molecular formula is C38H35BrN8O4. The number of rotatable bonds is 8. The summed E-state index contributed by atoms with van der Waals surface area (Å²) < 4.78 is 15.1. The quantitative estimate of drug-likeness (QED) is 0.144. The molecule has 3 aromatic heterocycles. The standard InChI is InChI=1S/C28H26N6O3.C10H9BrN2O/c1-18-29-27(31-36-18)23-5-3-4-20(12-23)15-33-10-11-34(26(35)17-33)16-21-6-7-22-8-9-24(14-25(22)13-21)28-30-19(2)37-32-28;1-7-12-10(13-14-7)9-4-2-3-8(5-9)6-11/h3-9,12-14H,10-11,15-17H2,1-2H3;2-5H,6H2,1H3.